The Morgan fingerprint density at radius 1 is 0.829 bits per heavy atom. The van der Waals surface area contributed by atoms with Gasteiger partial charge < -0.3 is 4.74 Å². The average Bonchev–Trinajstić information content (AvgIpc) is 2.94. The lowest BCUT2D eigenvalue weighted by atomic mass is 10.1. The van der Waals surface area contributed by atoms with Crippen LogP contribution in [0.4, 0.5) is 24.7 Å². The molecule has 0 atom stereocenters. The minimum atomic E-state index is -4.64. The van der Waals surface area contributed by atoms with Crippen molar-refractivity contribution in [1.29, 1.82) is 0 Å². The van der Waals surface area contributed by atoms with Crippen molar-refractivity contribution in [1.82, 2.24) is 4.98 Å². The molecule has 0 saturated carbocycles. The van der Waals surface area contributed by atoms with Crippen molar-refractivity contribution in [2.75, 3.05) is 21.9 Å². The first-order valence-electron chi connectivity index (χ1n) is 12.0. The van der Waals surface area contributed by atoms with Crippen LogP contribution in [0, 0.1) is 6.92 Å². The number of fused-ring (bicyclic) bond motifs is 1. The third-order valence-corrected chi connectivity index (χ3v) is 9.81. The van der Waals surface area contributed by atoms with Crippen LogP contribution in [0.15, 0.2) is 88.8 Å². The first kappa shape index (κ1) is 29.8. The van der Waals surface area contributed by atoms with Gasteiger partial charge in [0.25, 0.3) is 26.5 Å². The second-order valence-electron chi connectivity index (χ2n) is 8.76. The Kier molecular flexibility index (Phi) is 8.27. The van der Waals surface area contributed by atoms with Gasteiger partial charge in [-0.05, 0) is 50.2 Å². The normalized spacial score (nSPS) is 12.2. The highest BCUT2D eigenvalue weighted by Gasteiger charge is 2.33. The molecule has 0 amide bonds. The quantitative estimate of drug-likeness (QED) is 0.182. The summed E-state index contributed by atoms with van der Waals surface area (Å²) in [4.78, 5) is 14.8. The summed E-state index contributed by atoms with van der Waals surface area (Å²) in [6.07, 6.45) is -3.48. The van der Waals surface area contributed by atoms with Gasteiger partial charge in [-0.2, -0.15) is 13.2 Å². The highest BCUT2D eigenvalue weighted by molar-refractivity contribution is 7.93. The van der Waals surface area contributed by atoms with E-state index in [0.717, 1.165) is 32.5 Å². The zero-order valence-electron chi connectivity index (χ0n) is 21.7. The minimum Gasteiger partial charge on any atom is -0.445 e. The summed E-state index contributed by atoms with van der Waals surface area (Å²) in [7, 11) is -8.66. The van der Waals surface area contributed by atoms with Crippen LogP contribution in [0.5, 0.6) is 0 Å². The number of alkyl halides is 3. The van der Waals surface area contributed by atoms with Crippen molar-refractivity contribution in [3.8, 4) is 0 Å². The molecule has 0 unspecified atom stereocenters. The number of ether oxygens (including phenoxy) is 1. The number of sulfonamides is 2. The number of nitrogens with zero attached hydrogens (tertiary/aromatic N) is 3. The van der Waals surface area contributed by atoms with Crippen molar-refractivity contribution in [3.05, 3.63) is 90.1 Å². The van der Waals surface area contributed by atoms with Gasteiger partial charge in [0, 0.05) is 17.3 Å². The van der Waals surface area contributed by atoms with E-state index in [1.165, 1.54) is 25.1 Å². The molecule has 0 aliphatic carbocycles. The van der Waals surface area contributed by atoms with Gasteiger partial charge in [-0.25, -0.2) is 26.1 Å². The van der Waals surface area contributed by atoms with Gasteiger partial charge in [0.05, 0.1) is 27.2 Å². The Morgan fingerprint density at radius 3 is 1.90 bits per heavy atom. The number of anilines is 2. The van der Waals surface area contributed by atoms with Gasteiger partial charge in [0.2, 0.25) is 0 Å². The topological polar surface area (TPSA) is 114 Å². The molecule has 9 nitrogen and oxygen atoms in total. The molecule has 14 heteroatoms. The number of aryl methyl sites for hydroxylation is 1. The molecule has 0 fully saturated rings. The van der Waals surface area contributed by atoms with Crippen LogP contribution >= 0.6 is 0 Å². The van der Waals surface area contributed by atoms with Crippen molar-refractivity contribution in [2.45, 2.75) is 29.8 Å². The molecule has 4 rings (SSSR count). The molecule has 0 radical (unpaired) electrons. The van der Waals surface area contributed by atoms with Gasteiger partial charge in [0.15, 0.2) is 12.5 Å². The summed E-state index contributed by atoms with van der Waals surface area (Å²) in [6, 6.07) is 15.4. The third kappa shape index (κ3) is 5.84. The molecule has 0 saturated heterocycles. The van der Waals surface area contributed by atoms with E-state index in [2.05, 4.69) is 4.98 Å². The van der Waals surface area contributed by atoms with Crippen molar-refractivity contribution in [2.24, 2.45) is 0 Å². The van der Waals surface area contributed by atoms with E-state index in [-0.39, 0.29) is 45.1 Å². The molecule has 0 aliphatic heterocycles. The largest absolute Gasteiger partial charge is 0.445 e. The number of carbonyl (C=O) groups excluding carboxylic acids is 1. The molecule has 0 aliphatic rings. The number of carbonyl (C=O) groups is 1. The molecular formula is C27H24F3N3O6S2. The zero-order chi connectivity index (χ0) is 30.0. The Hall–Kier alpha value is -4.17. The van der Waals surface area contributed by atoms with Crippen LogP contribution in [0.25, 0.3) is 10.8 Å². The smallest absolute Gasteiger partial charge is 0.416 e. The van der Waals surface area contributed by atoms with Crippen molar-refractivity contribution in [3.63, 3.8) is 0 Å². The molecule has 0 N–H and O–H groups in total. The maximum Gasteiger partial charge on any atom is 0.416 e. The summed E-state index contributed by atoms with van der Waals surface area (Å²) in [5.74, 6) is -0.130. The van der Waals surface area contributed by atoms with Crippen LogP contribution in [0.3, 0.4) is 0 Å². The standard InChI is InChI=1S/C27H24F3N3O6S2/c1-3-32(40(35,36)22-14-10-20(11-15-22)27(28,29)30)25-16-31-26(24-7-5-4-6-23(24)25)33(17-39-18-34)41(37,38)21-12-8-19(2)9-13-21/h4-16,18H,3,17H2,1-2H3. The monoisotopic (exact) mass is 607 g/mol. The lowest BCUT2D eigenvalue weighted by Crippen LogP contribution is -2.35. The van der Waals surface area contributed by atoms with Gasteiger partial charge in [-0.1, -0.05) is 42.0 Å². The average molecular weight is 608 g/mol. The highest BCUT2D eigenvalue weighted by atomic mass is 32.2. The van der Waals surface area contributed by atoms with Crippen LogP contribution in [-0.4, -0.2) is 41.6 Å². The minimum absolute atomic E-state index is 0.0655. The Labute approximate surface area is 234 Å². The lowest BCUT2D eigenvalue weighted by molar-refractivity contribution is -0.137. The van der Waals surface area contributed by atoms with Crippen molar-refractivity contribution >= 4 is 48.8 Å². The fraction of sp³-hybridized carbons (Fsp3) is 0.185. The predicted octanol–water partition coefficient (Wildman–Crippen LogP) is 5.10. The molecule has 4 aromatic rings. The molecule has 3 aromatic carbocycles. The molecule has 1 aromatic heterocycles. The van der Waals surface area contributed by atoms with Gasteiger partial charge >= 0.3 is 6.18 Å². The maximum atomic E-state index is 13.6. The van der Waals surface area contributed by atoms with E-state index >= 15 is 0 Å². The van der Waals surface area contributed by atoms with Gasteiger partial charge in [0.1, 0.15) is 0 Å². The summed E-state index contributed by atoms with van der Waals surface area (Å²) in [5, 5.41) is 0.501. The number of aromatic nitrogens is 1. The lowest BCUT2D eigenvalue weighted by Gasteiger charge is -2.27. The first-order chi connectivity index (χ1) is 19.3. The summed E-state index contributed by atoms with van der Waals surface area (Å²) < 4.78 is 100.0. The molecular weight excluding hydrogens is 583 g/mol. The Bertz CT molecular complexity index is 1780. The number of rotatable bonds is 10. The van der Waals surface area contributed by atoms with E-state index in [1.54, 1.807) is 37.3 Å². The fourth-order valence-electron chi connectivity index (χ4n) is 4.15. The Morgan fingerprint density at radius 2 is 1.37 bits per heavy atom. The Balaban J connectivity index is 1.86. The third-order valence-electron chi connectivity index (χ3n) is 6.18. The summed E-state index contributed by atoms with van der Waals surface area (Å²) in [5.41, 5.74) is -0.111. The molecule has 0 bridgehead atoms. The first-order valence-corrected chi connectivity index (χ1v) is 14.9. The maximum absolute atomic E-state index is 13.6. The number of benzene rings is 3. The van der Waals surface area contributed by atoms with Gasteiger partial charge in [-0.15, -0.1) is 0 Å². The number of hydrogen-bond acceptors (Lipinski definition) is 7. The van der Waals surface area contributed by atoms with E-state index in [9.17, 15) is 34.8 Å². The van der Waals surface area contributed by atoms with E-state index in [4.69, 9.17) is 4.74 Å². The highest BCUT2D eigenvalue weighted by Crippen LogP contribution is 2.37. The van der Waals surface area contributed by atoms with E-state index in [0.29, 0.717) is 12.1 Å². The summed E-state index contributed by atoms with van der Waals surface area (Å²) >= 11 is 0. The van der Waals surface area contributed by atoms with Crippen LogP contribution in [0.1, 0.15) is 18.1 Å². The molecule has 41 heavy (non-hydrogen) atoms. The SMILES string of the molecule is CCN(c1cnc(N(COC=O)S(=O)(=O)c2ccc(C)cc2)c2ccccc12)S(=O)(=O)c1ccc(C(F)(F)F)cc1. The van der Waals surface area contributed by atoms with Crippen LogP contribution in [0.2, 0.25) is 0 Å². The number of halogens is 3. The van der Waals surface area contributed by atoms with Crippen LogP contribution < -0.4 is 8.61 Å². The van der Waals surface area contributed by atoms with Gasteiger partial charge in [-0.3, -0.25) is 9.10 Å². The van der Waals surface area contributed by atoms with Crippen LogP contribution in [-0.2, 0) is 35.8 Å². The molecule has 216 valence electrons. The molecule has 1 heterocycles. The zero-order valence-corrected chi connectivity index (χ0v) is 23.4. The molecule has 0 spiro atoms. The second kappa shape index (κ2) is 11.4. The fourth-order valence-corrected chi connectivity index (χ4v) is 6.94. The van der Waals surface area contributed by atoms with Crippen molar-refractivity contribution < 1.29 is 39.5 Å². The predicted molar refractivity (Wildman–Crippen MR) is 146 cm³/mol. The summed E-state index contributed by atoms with van der Waals surface area (Å²) in [6.45, 7) is 2.58. The van der Waals surface area contributed by atoms with E-state index < -0.39 is 38.5 Å². The number of hydrogen-bond donors (Lipinski definition) is 0. The number of pyridine rings is 1. The second-order valence-corrected chi connectivity index (χ2v) is 12.5. The van der Waals surface area contributed by atoms with E-state index in [1.807, 2.05) is 0 Å².